The lowest BCUT2D eigenvalue weighted by atomic mass is 10.2. The van der Waals surface area contributed by atoms with E-state index in [4.69, 9.17) is 36.3 Å². The zero-order valence-corrected chi connectivity index (χ0v) is 12.7. The molecule has 0 radical (unpaired) electrons. The fourth-order valence-electron chi connectivity index (χ4n) is 1.85. The third-order valence-electron chi connectivity index (χ3n) is 2.88. The van der Waals surface area contributed by atoms with Crippen LogP contribution in [0.25, 0.3) is 0 Å². The van der Waals surface area contributed by atoms with Crippen LogP contribution in [0.2, 0.25) is 5.02 Å². The van der Waals surface area contributed by atoms with Crippen LogP contribution in [0, 0.1) is 0 Å². The number of hydrogen-bond donors (Lipinski definition) is 1. The van der Waals surface area contributed by atoms with Crippen LogP contribution in [0.3, 0.4) is 0 Å². The number of halogens is 1. The maximum atomic E-state index is 5.97. The van der Waals surface area contributed by atoms with Crippen molar-refractivity contribution in [3.63, 3.8) is 0 Å². The molecule has 0 aliphatic carbocycles. The summed E-state index contributed by atoms with van der Waals surface area (Å²) in [6.45, 7) is 0. The smallest absolute Gasteiger partial charge is 0.203 e. The molecule has 0 saturated heterocycles. The van der Waals surface area contributed by atoms with Gasteiger partial charge in [0.15, 0.2) is 17.2 Å². The molecule has 2 rings (SSSR count). The Morgan fingerprint density at radius 1 is 0.905 bits per heavy atom. The van der Waals surface area contributed by atoms with E-state index < -0.39 is 0 Å². The molecule has 0 spiro atoms. The van der Waals surface area contributed by atoms with Crippen LogP contribution < -0.4 is 24.7 Å². The zero-order chi connectivity index (χ0) is 15.4. The molecule has 6 heteroatoms. The zero-order valence-electron chi connectivity index (χ0n) is 12.0. The molecular formula is C15H16ClNO4. The van der Waals surface area contributed by atoms with Crippen molar-refractivity contribution in [3.05, 3.63) is 35.4 Å². The molecule has 0 saturated carbocycles. The number of anilines is 1. The number of nitrogen functional groups attached to an aromatic ring is 1. The summed E-state index contributed by atoms with van der Waals surface area (Å²) >= 11 is 5.97. The number of para-hydroxylation sites is 1. The highest BCUT2D eigenvalue weighted by Crippen LogP contribution is 2.43. The first kappa shape index (κ1) is 15.1. The summed E-state index contributed by atoms with van der Waals surface area (Å²) in [6, 6.07) is 8.54. The summed E-state index contributed by atoms with van der Waals surface area (Å²) in [4.78, 5) is 0. The van der Waals surface area contributed by atoms with Crippen LogP contribution in [0.15, 0.2) is 30.3 Å². The highest BCUT2D eigenvalue weighted by Gasteiger charge is 2.15. The fraction of sp³-hybridized carbons (Fsp3) is 0.200. The van der Waals surface area contributed by atoms with Gasteiger partial charge in [-0.1, -0.05) is 17.7 Å². The second-order valence-electron chi connectivity index (χ2n) is 4.11. The van der Waals surface area contributed by atoms with E-state index in [0.717, 1.165) is 0 Å². The van der Waals surface area contributed by atoms with E-state index in [2.05, 4.69) is 0 Å². The van der Waals surface area contributed by atoms with Gasteiger partial charge in [-0.15, -0.1) is 0 Å². The van der Waals surface area contributed by atoms with Crippen LogP contribution in [0.4, 0.5) is 5.69 Å². The number of benzene rings is 2. The molecule has 5 nitrogen and oxygen atoms in total. The number of ether oxygens (including phenoxy) is 4. The summed E-state index contributed by atoms with van der Waals surface area (Å²) in [5.74, 6) is 2.43. The van der Waals surface area contributed by atoms with Gasteiger partial charge in [-0.05, 0) is 12.1 Å². The molecule has 2 N–H and O–H groups in total. The third kappa shape index (κ3) is 3.08. The van der Waals surface area contributed by atoms with Crippen molar-refractivity contribution >= 4 is 17.3 Å². The van der Waals surface area contributed by atoms with Gasteiger partial charge in [0.1, 0.15) is 5.75 Å². The standard InChI is InChI=1S/C15H16ClNO4/c1-18-12-7-9(8-13(19-2)15(12)20-3)21-11-6-4-5-10(16)14(11)17/h4-8H,17H2,1-3H3. The molecule has 112 valence electrons. The Morgan fingerprint density at radius 3 is 2.05 bits per heavy atom. The van der Waals surface area contributed by atoms with E-state index >= 15 is 0 Å². The van der Waals surface area contributed by atoms with Crippen molar-refractivity contribution in [1.29, 1.82) is 0 Å². The SMILES string of the molecule is COc1cc(Oc2cccc(Cl)c2N)cc(OC)c1OC. The maximum Gasteiger partial charge on any atom is 0.203 e. The molecule has 0 heterocycles. The molecule has 2 aromatic rings. The molecule has 0 atom stereocenters. The highest BCUT2D eigenvalue weighted by molar-refractivity contribution is 6.33. The lowest BCUT2D eigenvalue weighted by molar-refractivity contribution is 0.321. The molecule has 0 aromatic heterocycles. The van der Waals surface area contributed by atoms with Gasteiger partial charge in [0.2, 0.25) is 5.75 Å². The lowest BCUT2D eigenvalue weighted by Gasteiger charge is -2.15. The summed E-state index contributed by atoms with van der Waals surface area (Å²) < 4.78 is 21.5. The van der Waals surface area contributed by atoms with Crippen LogP contribution in [-0.4, -0.2) is 21.3 Å². The van der Waals surface area contributed by atoms with Crippen molar-refractivity contribution < 1.29 is 18.9 Å². The Kier molecular flexibility index (Phi) is 4.65. The van der Waals surface area contributed by atoms with E-state index in [1.165, 1.54) is 21.3 Å². The summed E-state index contributed by atoms with van der Waals surface area (Å²) in [5.41, 5.74) is 6.25. The van der Waals surface area contributed by atoms with Crippen LogP contribution in [-0.2, 0) is 0 Å². The minimum absolute atomic E-state index is 0.368. The Bertz CT molecular complexity index is 621. The van der Waals surface area contributed by atoms with Gasteiger partial charge in [0.05, 0.1) is 32.0 Å². The van der Waals surface area contributed by atoms with E-state index in [0.29, 0.717) is 39.5 Å². The Balaban J connectivity index is 2.43. The summed E-state index contributed by atoms with van der Waals surface area (Å²) in [6.07, 6.45) is 0. The molecule has 0 fully saturated rings. The molecular weight excluding hydrogens is 294 g/mol. The van der Waals surface area contributed by atoms with Crippen LogP contribution >= 0.6 is 11.6 Å². The minimum Gasteiger partial charge on any atom is -0.493 e. The fourth-order valence-corrected chi connectivity index (χ4v) is 2.02. The topological polar surface area (TPSA) is 62.9 Å². The average molecular weight is 310 g/mol. The summed E-state index contributed by atoms with van der Waals surface area (Å²) in [5, 5.41) is 0.431. The van der Waals surface area contributed by atoms with Gasteiger partial charge < -0.3 is 24.7 Å². The van der Waals surface area contributed by atoms with Gasteiger partial charge in [-0.25, -0.2) is 0 Å². The van der Waals surface area contributed by atoms with Crippen molar-refractivity contribution in [1.82, 2.24) is 0 Å². The van der Waals surface area contributed by atoms with Crippen molar-refractivity contribution in [2.75, 3.05) is 27.1 Å². The highest BCUT2D eigenvalue weighted by atomic mass is 35.5. The third-order valence-corrected chi connectivity index (χ3v) is 3.21. The number of nitrogens with two attached hydrogens (primary N) is 1. The predicted molar refractivity (Wildman–Crippen MR) is 82.0 cm³/mol. The quantitative estimate of drug-likeness (QED) is 0.852. The Morgan fingerprint density at radius 2 is 1.52 bits per heavy atom. The largest absolute Gasteiger partial charge is 0.493 e. The van der Waals surface area contributed by atoms with Gasteiger partial charge in [0.25, 0.3) is 0 Å². The molecule has 21 heavy (non-hydrogen) atoms. The van der Waals surface area contributed by atoms with E-state index in [9.17, 15) is 0 Å². The van der Waals surface area contributed by atoms with Gasteiger partial charge in [0, 0.05) is 12.1 Å². The normalized spacial score (nSPS) is 10.1. The minimum atomic E-state index is 0.368. The molecule has 0 aliphatic rings. The average Bonchev–Trinajstić information content (AvgIpc) is 2.50. The monoisotopic (exact) mass is 309 g/mol. The molecule has 0 amide bonds. The molecule has 0 bridgehead atoms. The molecule has 0 unspecified atom stereocenters. The van der Waals surface area contributed by atoms with Crippen molar-refractivity contribution in [2.45, 2.75) is 0 Å². The van der Waals surface area contributed by atoms with Crippen molar-refractivity contribution in [3.8, 4) is 28.7 Å². The van der Waals surface area contributed by atoms with E-state index in [1.54, 1.807) is 30.3 Å². The first-order chi connectivity index (χ1) is 10.1. The molecule has 0 aliphatic heterocycles. The maximum absolute atomic E-state index is 5.97. The van der Waals surface area contributed by atoms with Gasteiger partial charge >= 0.3 is 0 Å². The first-order valence-electron chi connectivity index (χ1n) is 6.12. The van der Waals surface area contributed by atoms with Gasteiger partial charge in [-0.2, -0.15) is 0 Å². The number of rotatable bonds is 5. The van der Waals surface area contributed by atoms with Crippen LogP contribution in [0.1, 0.15) is 0 Å². The predicted octanol–water partition coefficient (Wildman–Crippen LogP) is 3.74. The van der Waals surface area contributed by atoms with Crippen LogP contribution in [0.5, 0.6) is 28.7 Å². The van der Waals surface area contributed by atoms with Gasteiger partial charge in [-0.3, -0.25) is 0 Å². The van der Waals surface area contributed by atoms with Crippen molar-refractivity contribution in [2.24, 2.45) is 0 Å². The number of methoxy groups -OCH3 is 3. The summed E-state index contributed by atoms with van der Waals surface area (Å²) in [7, 11) is 4.61. The lowest BCUT2D eigenvalue weighted by Crippen LogP contribution is -1.97. The number of hydrogen-bond acceptors (Lipinski definition) is 5. The first-order valence-corrected chi connectivity index (χ1v) is 6.50. The Hall–Kier alpha value is -2.27. The van der Waals surface area contributed by atoms with E-state index in [1.807, 2.05) is 0 Å². The second kappa shape index (κ2) is 6.45. The molecule has 2 aromatic carbocycles. The second-order valence-corrected chi connectivity index (χ2v) is 4.52. The Labute approximate surface area is 128 Å². The van der Waals surface area contributed by atoms with E-state index in [-0.39, 0.29) is 0 Å².